The van der Waals surface area contributed by atoms with E-state index in [9.17, 15) is 18.0 Å². The molecule has 7 nitrogen and oxygen atoms in total. The van der Waals surface area contributed by atoms with Crippen LogP contribution in [0.2, 0.25) is 0 Å². The van der Waals surface area contributed by atoms with Gasteiger partial charge < -0.3 is 10.2 Å². The van der Waals surface area contributed by atoms with Crippen molar-refractivity contribution in [3.05, 3.63) is 65.7 Å². The molecule has 1 aliphatic carbocycles. The molecule has 0 saturated heterocycles. The summed E-state index contributed by atoms with van der Waals surface area (Å²) in [6.07, 6.45) is 5.99. The second-order valence-electron chi connectivity index (χ2n) is 8.96. The zero-order valence-corrected chi connectivity index (χ0v) is 21.1. The average molecular weight is 486 g/mol. The van der Waals surface area contributed by atoms with Crippen LogP contribution < -0.4 is 9.62 Å². The molecule has 1 atom stereocenters. The number of aryl methyl sites for hydroxylation is 1. The van der Waals surface area contributed by atoms with Crippen molar-refractivity contribution in [1.82, 2.24) is 10.2 Å². The van der Waals surface area contributed by atoms with E-state index in [-0.39, 0.29) is 25.0 Å². The number of hydrogen-bond acceptors (Lipinski definition) is 4. The molecule has 0 aliphatic heterocycles. The Balaban J connectivity index is 1.84. The Hall–Kier alpha value is -2.87. The van der Waals surface area contributed by atoms with Gasteiger partial charge in [-0.15, -0.1) is 0 Å². The van der Waals surface area contributed by atoms with E-state index >= 15 is 0 Å². The highest BCUT2D eigenvalue weighted by Gasteiger charge is 2.31. The number of rotatable bonds is 10. The third-order valence-corrected chi connectivity index (χ3v) is 7.52. The number of carbonyl (C=O) groups is 2. The number of nitrogens with zero attached hydrogens (tertiary/aromatic N) is 2. The summed E-state index contributed by atoms with van der Waals surface area (Å²) in [4.78, 5) is 28.0. The molecule has 8 heteroatoms. The zero-order valence-electron chi connectivity index (χ0n) is 20.2. The molecule has 1 N–H and O–H groups in total. The standard InChI is InChI=1S/C26H35N3O4S/c1-4-21-14-16-24(17-15-21)29(34(3,32)33)19-25(30)28(18-22-10-6-5-7-11-22)20(2)26(31)27-23-12-8-9-13-23/h5-7,10-11,14-17,20,23H,4,8-9,12-13,18-19H2,1-3H3,(H,27,31)/t20-/m1/s1. The average Bonchev–Trinajstić information content (AvgIpc) is 3.33. The molecule has 1 aliphatic rings. The number of benzene rings is 2. The number of nitrogens with one attached hydrogen (secondary N) is 1. The van der Waals surface area contributed by atoms with E-state index in [1.54, 1.807) is 19.1 Å². The molecule has 0 unspecified atom stereocenters. The van der Waals surface area contributed by atoms with Gasteiger partial charge in [-0.05, 0) is 49.4 Å². The van der Waals surface area contributed by atoms with Crippen LogP contribution in [0.4, 0.5) is 5.69 Å². The number of carbonyl (C=O) groups excluding carboxylic acids is 2. The Bertz CT molecular complexity index is 1060. The lowest BCUT2D eigenvalue weighted by atomic mass is 10.1. The second kappa shape index (κ2) is 11.5. The SMILES string of the molecule is CCc1ccc(N(CC(=O)N(Cc2ccccc2)[C@H](C)C(=O)NC2CCCC2)S(C)(=O)=O)cc1. The summed E-state index contributed by atoms with van der Waals surface area (Å²) >= 11 is 0. The molecule has 0 aromatic heterocycles. The van der Waals surface area contributed by atoms with E-state index < -0.39 is 22.0 Å². The van der Waals surface area contributed by atoms with Gasteiger partial charge in [0, 0.05) is 12.6 Å². The maximum Gasteiger partial charge on any atom is 0.244 e. The van der Waals surface area contributed by atoms with Gasteiger partial charge in [-0.3, -0.25) is 13.9 Å². The highest BCUT2D eigenvalue weighted by Crippen LogP contribution is 2.21. The van der Waals surface area contributed by atoms with Crippen LogP contribution in [0, 0.1) is 0 Å². The molecule has 2 aromatic rings. The molecule has 0 heterocycles. The first-order chi connectivity index (χ1) is 16.2. The first kappa shape index (κ1) is 25.7. The molecule has 2 aromatic carbocycles. The minimum absolute atomic E-state index is 0.133. The summed E-state index contributed by atoms with van der Waals surface area (Å²) in [6, 6.07) is 15.9. The lowest BCUT2D eigenvalue weighted by Crippen LogP contribution is -2.52. The van der Waals surface area contributed by atoms with Gasteiger partial charge in [-0.25, -0.2) is 8.42 Å². The Morgan fingerprint density at radius 1 is 1.00 bits per heavy atom. The van der Waals surface area contributed by atoms with Crippen LogP contribution in [0.3, 0.4) is 0 Å². The summed E-state index contributed by atoms with van der Waals surface area (Å²) in [5.74, 6) is -0.641. The van der Waals surface area contributed by atoms with Gasteiger partial charge in [0.15, 0.2) is 0 Å². The normalized spacial score (nSPS) is 15.0. The number of sulfonamides is 1. The minimum atomic E-state index is -3.72. The number of amides is 2. The van der Waals surface area contributed by atoms with E-state index in [2.05, 4.69) is 5.32 Å². The van der Waals surface area contributed by atoms with E-state index in [0.29, 0.717) is 5.69 Å². The predicted octanol–water partition coefficient (Wildman–Crippen LogP) is 3.49. The van der Waals surface area contributed by atoms with Crippen molar-refractivity contribution in [1.29, 1.82) is 0 Å². The summed E-state index contributed by atoms with van der Waals surface area (Å²) in [5.41, 5.74) is 2.37. The Morgan fingerprint density at radius 3 is 2.18 bits per heavy atom. The molecule has 184 valence electrons. The van der Waals surface area contributed by atoms with Gasteiger partial charge in [0.25, 0.3) is 0 Å². The third-order valence-electron chi connectivity index (χ3n) is 6.38. The second-order valence-corrected chi connectivity index (χ2v) is 10.9. The van der Waals surface area contributed by atoms with Crippen molar-refractivity contribution in [3.8, 4) is 0 Å². The van der Waals surface area contributed by atoms with E-state index in [0.717, 1.165) is 53.8 Å². The lowest BCUT2D eigenvalue weighted by Gasteiger charge is -2.32. The van der Waals surface area contributed by atoms with Gasteiger partial charge in [0.1, 0.15) is 12.6 Å². The Labute approximate surface area is 203 Å². The molecule has 2 amide bonds. The topological polar surface area (TPSA) is 86.8 Å². The molecular weight excluding hydrogens is 450 g/mol. The van der Waals surface area contributed by atoms with Crippen LogP contribution in [0.25, 0.3) is 0 Å². The minimum Gasteiger partial charge on any atom is -0.352 e. The summed E-state index contributed by atoms with van der Waals surface area (Å²) < 4.78 is 26.3. The van der Waals surface area contributed by atoms with Crippen molar-refractivity contribution >= 4 is 27.5 Å². The summed E-state index contributed by atoms with van der Waals surface area (Å²) in [7, 11) is -3.72. The molecular formula is C26H35N3O4S. The largest absolute Gasteiger partial charge is 0.352 e. The molecule has 1 saturated carbocycles. The lowest BCUT2D eigenvalue weighted by molar-refractivity contribution is -0.139. The molecule has 0 spiro atoms. The van der Waals surface area contributed by atoms with Crippen LogP contribution in [-0.2, 0) is 32.6 Å². The van der Waals surface area contributed by atoms with Crippen molar-refractivity contribution in [2.75, 3.05) is 17.1 Å². The summed E-state index contributed by atoms with van der Waals surface area (Å²) in [5, 5.41) is 3.06. The maximum absolute atomic E-state index is 13.5. The van der Waals surface area contributed by atoms with Gasteiger partial charge in [0.05, 0.1) is 11.9 Å². The fraction of sp³-hybridized carbons (Fsp3) is 0.462. The van der Waals surface area contributed by atoms with E-state index in [1.807, 2.05) is 49.4 Å². The van der Waals surface area contributed by atoms with Crippen LogP contribution in [0.1, 0.15) is 50.7 Å². The highest BCUT2D eigenvalue weighted by molar-refractivity contribution is 7.92. The number of hydrogen-bond donors (Lipinski definition) is 1. The van der Waals surface area contributed by atoms with E-state index in [4.69, 9.17) is 0 Å². The maximum atomic E-state index is 13.5. The highest BCUT2D eigenvalue weighted by atomic mass is 32.2. The number of anilines is 1. The Morgan fingerprint density at radius 2 is 1.62 bits per heavy atom. The first-order valence-corrected chi connectivity index (χ1v) is 13.7. The zero-order chi connectivity index (χ0) is 24.7. The first-order valence-electron chi connectivity index (χ1n) is 11.9. The molecule has 0 bridgehead atoms. The van der Waals surface area contributed by atoms with Crippen LogP contribution in [-0.4, -0.2) is 50.0 Å². The van der Waals surface area contributed by atoms with E-state index in [1.165, 1.54) is 4.90 Å². The van der Waals surface area contributed by atoms with Crippen molar-refractivity contribution in [2.24, 2.45) is 0 Å². The molecule has 1 fully saturated rings. The Kier molecular flexibility index (Phi) is 8.72. The third kappa shape index (κ3) is 6.82. The summed E-state index contributed by atoms with van der Waals surface area (Å²) in [6.45, 7) is 3.56. The van der Waals surface area contributed by atoms with Crippen molar-refractivity contribution < 1.29 is 18.0 Å². The van der Waals surface area contributed by atoms with Crippen LogP contribution in [0.15, 0.2) is 54.6 Å². The smallest absolute Gasteiger partial charge is 0.244 e. The molecule has 3 rings (SSSR count). The fourth-order valence-electron chi connectivity index (χ4n) is 4.27. The molecule has 34 heavy (non-hydrogen) atoms. The van der Waals surface area contributed by atoms with Gasteiger partial charge >= 0.3 is 0 Å². The predicted molar refractivity (Wildman–Crippen MR) is 135 cm³/mol. The molecule has 0 radical (unpaired) electrons. The van der Waals surface area contributed by atoms with Crippen molar-refractivity contribution in [2.45, 2.75) is 64.6 Å². The fourth-order valence-corrected chi connectivity index (χ4v) is 5.12. The van der Waals surface area contributed by atoms with Gasteiger partial charge in [0.2, 0.25) is 21.8 Å². The van der Waals surface area contributed by atoms with Crippen molar-refractivity contribution in [3.63, 3.8) is 0 Å². The monoisotopic (exact) mass is 485 g/mol. The van der Waals surface area contributed by atoms with Crippen LogP contribution >= 0.6 is 0 Å². The van der Waals surface area contributed by atoms with Crippen LogP contribution in [0.5, 0.6) is 0 Å². The quantitative estimate of drug-likeness (QED) is 0.558. The van der Waals surface area contributed by atoms with Gasteiger partial charge in [-0.1, -0.05) is 62.2 Å². The van der Waals surface area contributed by atoms with Gasteiger partial charge in [-0.2, -0.15) is 0 Å².